The van der Waals surface area contributed by atoms with Gasteiger partial charge >= 0.3 is 0 Å². The Kier molecular flexibility index (Phi) is 5.66. The molecule has 1 aromatic carbocycles. The lowest BCUT2D eigenvalue weighted by atomic mass is 9.76. The first kappa shape index (κ1) is 19.7. The third-order valence-electron chi connectivity index (χ3n) is 6.98. The van der Waals surface area contributed by atoms with E-state index in [4.69, 9.17) is 0 Å². The summed E-state index contributed by atoms with van der Waals surface area (Å²) in [6, 6.07) is 7.77. The molecule has 5 heteroatoms. The normalized spacial score (nSPS) is 25.3. The minimum absolute atomic E-state index is 0.0289. The smallest absolute Gasteiger partial charge is 0.240 e. The Bertz CT molecular complexity index is 695. The molecule has 1 amide bonds. The molecule has 154 valence electrons. The quantitative estimate of drug-likeness (QED) is 0.818. The third kappa shape index (κ3) is 4.20. The van der Waals surface area contributed by atoms with Crippen LogP contribution in [0.1, 0.15) is 51.0 Å². The molecule has 1 atom stereocenters. The highest BCUT2D eigenvalue weighted by Crippen LogP contribution is 2.44. The predicted octanol–water partition coefficient (Wildman–Crippen LogP) is 3.08. The van der Waals surface area contributed by atoms with Crippen LogP contribution in [0, 0.1) is 5.41 Å². The Morgan fingerprint density at radius 2 is 2.04 bits per heavy atom. The number of hydrogen-bond acceptors (Lipinski definition) is 4. The zero-order valence-corrected chi connectivity index (χ0v) is 17.4. The first-order valence-electron chi connectivity index (χ1n) is 11.0. The van der Waals surface area contributed by atoms with Gasteiger partial charge in [-0.2, -0.15) is 0 Å². The summed E-state index contributed by atoms with van der Waals surface area (Å²) in [6.45, 7) is 7.22. The van der Waals surface area contributed by atoms with Crippen molar-refractivity contribution in [2.24, 2.45) is 5.41 Å². The molecular weight excluding hydrogens is 350 g/mol. The number of carbonyl (C=O) groups is 1. The second kappa shape index (κ2) is 8.03. The van der Waals surface area contributed by atoms with Crippen molar-refractivity contribution in [3.05, 3.63) is 29.8 Å². The van der Waals surface area contributed by atoms with Crippen LogP contribution >= 0.6 is 0 Å². The van der Waals surface area contributed by atoms with Crippen LogP contribution in [0.15, 0.2) is 24.3 Å². The summed E-state index contributed by atoms with van der Waals surface area (Å²) in [7, 11) is 2.21. The minimum Gasteiger partial charge on any atom is -0.508 e. The number of phenols is 1. The minimum atomic E-state index is 0.0289. The van der Waals surface area contributed by atoms with Gasteiger partial charge in [0.05, 0.1) is 6.04 Å². The Labute approximate surface area is 169 Å². The highest BCUT2D eigenvalue weighted by atomic mass is 16.3. The topological polar surface area (TPSA) is 47.0 Å². The van der Waals surface area contributed by atoms with Gasteiger partial charge in [0, 0.05) is 19.1 Å². The van der Waals surface area contributed by atoms with Crippen LogP contribution in [0.4, 0.5) is 0 Å². The Hall–Kier alpha value is -1.59. The van der Waals surface area contributed by atoms with Gasteiger partial charge in [0.1, 0.15) is 5.75 Å². The monoisotopic (exact) mass is 385 g/mol. The number of aromatic hydroxyl groups is 1. The molecule has 1 spiro atoms. The summed E-state index contributed by atoms with van der Waals surface area (Å²) in [5.41, 5.74) is 1.34. The number of carbonyl (C=O) groups excluding carboxylic acids is 1. The van der Waals surface area contributed by atoms with Crippen molar-refractivity contribution in [2.45, 2.75) is 64.1 Å². The predicted molar refractivity (Wildman–Crippen MR) is 111 cm³/mol. The van der Waals surface area contributed by atoms with Crippen LogP contribution in [-0.2, 0) is 11.3 Å². The number of phenolic OH excluding ortho intramolecular Hbond substituents is 1. The van der Waals surface area contributed by atoms with E-state index in [1.54, 1.807) is 12.1 Å². The van der Waals surface area contributed by atoms with E-state index in [1.165, 1.54) is 12.8 Å². The summed E-state index contributed by atoms with van der Waals surface area (Å²) in [6.07, 6.45) is 6.76. The summed E-state index contributed by atoms with van der Waals surface area (Å²) in [5, 5.41) is 9.81. The number of hydrogen-bond donors (Lipinski definition) is 1. The summed E-state index contributed by atoms with van der Waals surface area (Å²) >= 11 is 0. The number of likely N-dealkylation sites (tertiary alicyclic amines) is 2. The van der Waals surface area contributed by atoms with Crippen LogP contribution in [0.3, 0.4) is 0 Å². The van der Waals surface area contributed by atoms with Gasteiger partial charge in [-0.3, -0.25) is 9.69 Å². The SMILES string of the molecule is CCCN1CC2(CCN(C)CC2)CC1C(=O)N(Cc1cccc(O)c1)C1CC1. The molecule has 5 nitrogen and oxygen atoms in total. The maximum absolute atomic E-state index is 13.7. The van der Waals surface area contributed by atoms with E-state index in [1.807, 2.05) is 12.1 Å². The lowest BCUT2D eigenvalue weighted by Gasteiger charge is -2.37. The van der Waals surface area contributed by atoms with E-state index in [2.05, 4.69) is 28.7 Å². The maximum atomic E-state index is 13.7. The number of amides is 1. The van der Waals surface area contributed by atoms with Crippen molar-refractivity contribution in [3.8, 4) is 5.75 Å². The van der Waals surface area contributed by atoms with E-state index < -0.39 is 0 Å². The highest BCUT2D eigenvalue weighted by molar-refractivity contribution is 5.83. The zero-order valence-electron chi connectivity index (χ0n) is 17.4. The van der Waals surface area contributed by atoms with E-state index in [-0.39, 0.29) is 11.8 Å². The van der Waals surface area contributed by atoms with Crippen molar-refractivity contribution in [3.63, 3.8) is 0 Å². The van der Waals surface area contributed by atoms with Gasteiger partial charge in [0.2, 0.25) is 5.91 Å². The number of benzene rings is 1. The molecule has 3 fully saturated rings. The second-order valence-corrected chi connectivity index (χ2v) is 9.36. The molecule has 2 aliphatic heterocycles. The van der Waals surface area contributed by atoms with E-state index in [0.29, 0.717) is 23.9 Å². The van der Waals surface area contributed by atoms with Crippen molar-refractivity contribution in [1.29, 1.82) is 0 Å². The fourth-order valence-corrected chi connectivity index (χ4v) is 5.18. The van der Waals surface area contributed by atoms with Gasteiger partial charge in [-0.1, -0.05) is 19.1 Å². The molecule has 28 heavy (non-hydrogen) atoms. The highest BCUT2D eigenvalue weighted by Gasteiger charge is 2.49. The van der Waals surface area contributed by atoms with Crippen molar-refractivity contribution < 1.29 is 9.90 Å². The molecule has 0 radical (unpaired) electrons. The third-order valence-corrected chi connectivity index (χ3v) is 6.98. The van der Waals surface area contributed by atoms with Crippen molar-refractivity contribution >= 4 is 5.91 Å². The molecule has 1 N–H and O–H groups in total. The van der Waals surface area contributed by atoms with Crippen molar-refractivity contribution in [2.75, 3.05) is 33.2 Å². The first-order chi connectivity index (χ1) is 13.5. The molecule has 1 aliphatic carbocycles. The van der Waals surface area contributed by atoms with Crippen LogP contribution in [-0.4, -0.2) is 71.0 Å². The van der Waals surface area contributed by atoms with Gasteiger partial charge in [-0.25, -0.2) is 0 Å². The molecular formula is C23H35N3O2. The molecule has 3 aliphatic rings. The fourth-order valence-electron chi connectivity index (χ4n) is 5.18. The Balaban J connectivity index is 1.51. The van der Waals surface area contributed by atoms with Crippen LogP contribution in [0.25, 0.3) is 0 Å². The van der Waals surface area contributed by atoms with Crippen LogP contribution in [0.2, 0.25) is 0 Å². The largest absolute Gasteiger partial charge is 0.508 e. The average molecular weight is 386 g/mol. The van der Waals surface area contributed by atoms with E-state index in [0.717, 1.165) is 57.4 Å². The molecule has 1 saturated carbocycles. The molecule has 0 bridgehead atoms. The average Bonchev–Trinajstić information content (AvgIpc) is 3.46. The fraction of sp³-hybridized carbons (Fsp3) is 0.696. The Morgan fingerprint density at radius 3 is 2.68 bits per heavy atom. The summed E-state index contributed by atoms with van der Waals surface area (Å²) in [5.74, 6) is 0.592. The van der Waals surface area contributed by atoms with E-state index in [9.17, 15) is 9.90 Å². The number of piperidine rings is 1. The van der Waals surface area contributed by atoms with Gasteiger partial charge in [0.15, 0.2) is 0 Å². The number of nitrogens with zero attached hydrogens (tertiary/aromatic N) is 3. The molecule has 2 saturated heterocycles. The summed E-state index contributed by atoms with van der Waals surface area (Å²) < 4.78 is 0. The lowest BCUT2D eigenvalue weighted by molar-refractivity contribution is -0.137. The van der Waals surface area contributed by atoms with Gasteiger partial charge < -0.3 is 14.9 Å². The van der Waals surface area contributed by atoms with Crippen LogP contribution in [0.5, 0.6) is 5.75 Å². The first-order valence-corrected chi connectivity index (χ1v) is 11.0. The van der Waals surface area contributed by atoms with Gasteiger partial charge in [-0.15, -0.1) is 0 Å². The standard InChI is InChI=1S/C23H35N3O2/c1-3-11-25-17-23(9-12-24(2)13-10-23)15-21(25)22(28)26(19-7-8-19)16-18-5-4-6-20(27)14-18/h4-6,14,19,21,27H,3,7-13,15-17H2,1-2H3. The van der Waals surface area contributed by atoms with Crippen molar-refractivity contribution in [1.82, 2.24) is 14.7 Å². The van der Waals surface area contributed by atoms with Crippen LogP contribution < -0.4 is 0 Å². The molecule has 1 unspecified atom stereocenters. The maximum Gasteiger partial charge on any atom is 0.240 e. The molecule has 2 heterocycles. The molecule has 4 rings (SSSR count). The van der Waals surface area contributed by atoms with Gasteiger partial charge in [0.25, 0.3) is 0 Å². The number of rotatable bonds is 6. The molecule has 1 aromatic rings. The Morgan fingerprint density at radius 1 is 1.29 bits per heavy atom. The summed E-state index contributed by atoms with van der Waals surface area (Å²) in [4.78, 5) is 20.7. The molecule has 0 aromatic heterocycles. The second-order valence-electron chi connectivity index (χ2n) is 9.36. The lowest BCUT2D eigenvalue weighted by Crippen LogP contribution is -2.46. The zero-order chi connectivity index (χ0) is 19.7. The van der Waals surface area contributed by atoms with Gasteiger partial charge in [-0.05, 0) is 88.3 Å². The van der Waals surface area contributed by atoms with E-state index >= 15 is 0 Å².